The van der Waals surface area contributed by atoms with Gasteiger partial charge in [0, 0.05) is 6.54 Å². The number of esters is 1. The zero-order valence-corrected chi connectivity index (χ0v) is 16.7. The number of alkyl halides is 2. The third-order valence-corrected chi connectivity index (χ3v) is 4.05. The Hall–Kier alpha value is -3.36. The Morgan fingerprint density at radius 2 is 1.63 bits per heavy atom. The molecular formula is C21H23F2NO6. The fraction of sp³-hybridized carbons (Fsp3) is 0.333. The first kappa shape index (κ1) is 22.9. The molecule has 0 unspecified atom stereocenters. The number of carbonyl (C=O) groups excluding carboxylic acids is 2. The van der Waals surface area contributed by atoms with E-state index in [4.69, 9.17) is 14.2 Å². The molecule has 0 atom stereocenters. The number of nitrogens with one attached hydrogen (secondary N) is 1. The van der Waals surface area contributed by atoms with Gasteiger partial charge < -0.3 is 24.3 Å². The quantitative estimate of drug-likeness (QED) is 0.560. The zero-order valence-electron chi connectivity index (χ0n) is 16.7. The molecule has 0 heterocycles. The monoisotopic (exact) mass is 423 g/mol. The summed E-state index contributed by atoms with van der Waals surface area (Å²) in [5.74, 6) is 0.186. The highest BCUT2D eigenvalue weighted by Crippen LogP contribution is 2.27. The molecule has 0 spiro atoms. The van der Waals surface area contributed by atoms with Crippen LogP contribution in [0, 0.1) is 0 Å². The largest absolute Gasteiger partial charge is 0.493 e. The van der Waals surface area contributed by atoms with Gasteiger partial charge in [0.25, 0.3) is 5.91 Å². The van der Waals surface area contributed by atoms with Gasteiger partial charge in [-0.1, -0.05) is 18.2 Å². The van der Waals surface area contributed by atoms with Gasteiger partial charge in [-0.25, -0.2) is 0 Å². The summed E-state index contributed by atoms with van der Waals surface area (Å²) in [5.41, 5.74) is 1.50. The summed E-state index contributed by atoms with van der Waals surface area (Å²) in [7, 11) is 3.10. The van der Waals surface area contributed by atoms with Crippen LogP contribution in [-0.2, 0) is 27.2 Å². The first-order valence-electron chi connectivity index (χ1n) is 9.08. The van der Waals surface area contributed by atoms with Crippen LogP contribution in [0.2, 0.25) is 0 Å². The number of methoxy groups -OCH3 is 2. The van der Waals surface area contributed by atoms with E-state index in [1.807, 2.05) is 12.1 Å². The van der Waals surface area contributed by atoms with E-state index < -0.39 is 25.1 Å². The van der Waals surface area contributed by atoms with Crippen LogP contribution < -0.4 is 19.5 Å². The number of ether oxygens (including phenoxy) is 4. The van der Waals surface area contributed by atoms with Crippen LogP contribution >= 0.6 is 0 Å². The molecular weight excluding hydrogens is 400 g/mol. The maximum atomic E-state index is 12.1. The van der Waals surface area contributed by atoms with Crippen molar-refractivity contribution in [3.63, 3.8) is 0 Å². The Labute approximate surface area is 172 Å². The van der Waals surface area contributed by atoms with E-state index in [9.17, 15) is 18.4 Å². The van der Waals surface area contributed by atoms with Crippen molar-refractivity contribution in [3.05, 3.63) is 53.6 Å². The van der Waals surface area contributed by atoms with Gasteiger partial charge in [-0.15, -0.1) is 0 Å². The van der Waals surface area contributed by atoms with Crippen LogP contribution in [-0.4, -0.2) is 45.9 Å². The van der Waals surface area contributed by atoms with E-state index in [1.165, 1.54) is 24.3 Å². The molecule has 1 amide bonds. The Morgan fingerprint density at radius 3 is 2.27 bits per heavy atom. The van der Waals surface area contributed by atoms with Gasteiger partial charge in [-0.3, -0.25) is 9.59 Å². The lowest BCUT2D eigenvalue weighted by molar-refractivity contribution is -0.147. The first-order chi connectivity index (χ1) is 14.4. The van der Waals surface area contributed by atoms with Gasteiger partial charge in [0.1, 0.15) is 5.75 Å². The number of hydrogen-bond donors (Lipinski definition) is 1. The second-order valence-corrected chi connectivity index (χ2v) is 6.15. The minimum atomic E-state index is -2.91. The number of halogens is 2. The molecule has 7 nitrogen and oxygen atoms in total. The summed E-state index contributed by atoms with van der Waals surface area (Å²) in [6.07, 6.45) is 0.473. The Kier molecular flexibility index (Phi) is 8.86. The topological polar surface area (TPSA) is 83.1 Å². The molecule has 2 rings (SSSR count). The molecule has 0 radical (unpaired) electrons. The zero-order chi connectivity index (χ0) is 21.9. The molecule has 0 saturated carbocycles. The molecule has 0 aliphatic rings. The lowest BCUT2D eigenvalue weighted by Gasteiger charge is -2.10. The summed E-state index contributed by atoms with van der Waals surface area (Å²) in [6.45, 7) is -2.96. The smallest absolute Gasteiger partial charge is 0.387 e. The highest BCUT2D eigenvalue weighted by molar-refractivity contribution is 5.81. The van der Waals surface area contributed by atoms with Gasteiger partial charge in [-0.2, -0.15) is 8.78 Å². The van der Waals surface area contributed by atoms with Crippen LogP contribution in [0.15, 0.2) is 42.5 Å². The molecule has 1 N–H and O–H groups in total. The predicted octanol–water partition coefficient (Wildman–Crippen LogP) is 2.75. The van der Waals surface area contributed by atoms with Crippen molar-refractivity contribution < 1.29 is 37.3 Å². The van der Waals surface area contributed by atoms with E-state index in [1.54, 1.807) is 20.3 Å². The molecule has 0 saturated heterocycles. The standard InChI is InChI=1S/C21H23F2NO6/c1-27-17-8-5-15(11-18(17)28-2)9-10-24-19(25)13-29-20(26)12-14-3-6-16(7-4-14)30-21(22)23/h3-8,11,21H,9-10,12-13H2,1-2H3,(H,24,25). The van der Waals surface area contributed by atoms with Gasteiger partial charge >= 0.3 is 12.6 Å². The second kappa shape index (κ2) is 11.6. The minimum Gasteiger partial charge on any atom is -0.493 e. The first-order valence-corrected chi connectivity index (χ1v) is 9.08. The van der Waals surface area contributed by atoms with Gasteiger partial charge in [-0.05, 0) is 41.8 Å². The minimum absolute atomic E-state index is 0.00373. The summed E-state index contributed by atoms with van der Waals surface area (Å²) in [5, 5.41) is 2.67. The molecule has 2 aromatic carbocycles. The fourth-order valence-electron chi connectivity index (χ4n) is 2.59. The SMILES string of the molecule is COc1ccc(CCNC(=O)COC(=O)Cc2ccc(OC(F)F)cc2)cc1OC. The van der Waals surface area contributed by atoms with Crippen molar-refractivity contribution in [3.8, 4) is 17.2 Å². The number of carbonyl (C=O) groups is 2. The second-order valence-electron chi connectivity index (χ2n) is 6.15. The normalized spacial score (nSPS) is 10.4. The van der Waals surface area contributed by atoms with Crippen molar-refractivity contribution in [1.29, 1.82) is 0 Å². The van der Waals surface area contributed by atoms with E-state index >= 15 is 0 Å². The van der Waals surface area contributed by atoms with Gasteiger partial charge in [0.05, 0.1) is 20.6 Å². The van der Waals surface area contributed by atoms with E-state index in [0.717, 1.165) is 5.56 Å². The molecule has 9 heteroatoms. The summed E-state index contributed by atoms with van der Waals surface area (Å²) in [6, 6.07) is 11.1. The van der Waals surface area contributed by atoms with E-state index in [-0.39, 0.29) is 12.2 Å². The van der Waals surface area contributed by atoms with Crippen LogP contribution in [0.3, 0.4) is 0 Å². The van der Waals surface area contributed by atoms with Crippen molar-refractivity contribution in [2.45, 2.75) is 19.5 Å². The highest BCUT2D eigenvalue weighted by Gasteiger charge is 2.10. The average molecular weight is 423 g/mol. The van der Waals surface area contributed by atoms with Crippen molar-refractivity contribution in [2.75, 3.05) is 27.4 Å². The molecule has 0 bridgehead atoms. The van der Waals surface area contributed by atoms with E-state index in [2.05, 4.69) is 10.1 Å². The predicted molar refractivity (Wildman–Crippen MR) is 104 cm³/mol. The van der Waals surface area contributed by atoms with Gasteiger partial charge in [0.15, 0.2) is 18.1 Å². The van der Waals surface area contributed by atoms with Crippen molar-refractivity contribution >= 4 is 11.9 Å². The average Bonchev–Trinajstić information content (AvgIpc) is 2.73. The Bertz CT molecular complexity index is 842. The molecule has 30 heavy (non-hydrogen) atoms. The Balaban J connectivity index is 1.69. The van der Waals surface area contributed by atoms with E-state index in [0.29, 0.717) is 30.0 Å². The van der Waals surface area contributed by atoms with Crippen LogP contribution in [0.1, 0.15) is 11.1 Å². The summed E-state index contributed by atoms with van der Waals surface area (Å²) in [4.78, 5) is 23.7. The summed E-state index contributed by atoms with van der Waals surface area (Å²) < 4.78 is 43.8. The third-order valence-electron chi connectivity index (χ3n) is 4.05. The maximum Gasteiger partial charge on any atom is 0.387 e. The summed E-state index contributed by atoms with van der Waals surface area (Å²) >= 11 is 0. The molecule has 0 fully saturated rings. The molecule has 0 aliphatic heterocycles. The fourth-order valence-corrected chi connectivity index (χ4v) is 2.59. The number of amides is 1. The molecule has 0 aromatic heterocycles. The van der Waals surface area contributed by atoms with Crippen LogP contribution in [0.25, 0.3) is 0 Å². The number of hydrogen-bond acceptors (Lipinski definition) is 6. The van der Waals surface area contributed by atoms with Gasteiger partial charge in [0.2, 0.25) is 0 Å². The molecule has 162 valence electrons. The lowest BCUT2D eigenvalue weighted by Crippen LogP contribution is -2.30. The lowest BCUT2D eigenvalue weighted by atomic mass is 10.1. The molecule has 0 aliphatic carbocycles. The Morgan fingerprint density at radius 1 is 0.967 bits per heavy atom. The van der Waals surface area contributed by atoms with Crippen LogP contribution in [0.4, 0.5) is 8.78 Å². The number of rotatable bonds is 11. The highest BCUT2D eigenvalue weighted by atomic mass is 19.3. The number of benzene rings is 2. The van der Waals surface area contributed by atoms with Crippen molar-refractivity contribution in [2.24, 2.45) is 0 Å². The molecule has 2 aromatic rings. The third kappa shape index (κ3) is 7.57. The maximum absolute atomic E-state index is 12.1. The van der Waals surface area contributed by atoms with Crippen LogP contribution in [0.5, 0.6) is 17.2 Å². The van der Waals surface area contributed by atoms with Crippen molar-refractivity contribution in [1.82, 2.24) is 5.32 Å².